The van der Waals surface area contributed by atoms with Crippen molar-refractivity contribution in [2.75, 3.05) is 23.3 Å². The molecule has 1 N–H and O–H groups in total. The first-order chi connectivity index (χ1) is 15.5. The topological polar surface area (TPSA) is 93.8 Å². The van der Waals surface area contributed by atoms with Crippen molar-refractivity contribution in [2.45, 2.75) is 25.2 Å². The third-order valence-corrected chi connectivity index (χ3v) is 7.15. The van der Waals surface area contributed by atoms with Crippen molar-refractivity contribution < 1.29 is 4.79 Å². The number of aryl methyl sites for hydroxylation is 2. The summed E-state index contributed by atoms with van der Waals surface area (Å²) in [6, 6.07) is 8.04. The molecule has 0 atom stereocenters. The highest BCUT2D eigenvalue weighted by atomic mass is 16.2. The molecule has 0 unspecified atom stereocenters. The predicted octanol–water partition coefficient (Wildman–Crippen LogP) is 2.56. The zero-order chi connectivity index (χ0) is 22.0. The number of rotatable bonds is 2. The van der Waals surface area contributed by atoms with Crippen molar-refractivity contribution in [1.82, 2.24) is 29.3 Å². The molecule has 1 fully saturated rings. The number of carbonyl (C=O) groups is 1. The molecule has 0 aliphatic carbocycles. The molecule has 1 amide bonds. The van der Waals surface area contributed by atoms with Gasteiger partial charge in [-0.3, -0.25) is 9.48 Å². The summed E-state index contributed by atoms with van der Waals surface area (Å²) in [7, 11) is 3.90. The van der Waals surface area contributed by atoms with Crippen LogP contribution in [0.25, 0.3) is 22.6 Å². The fraction of sp³-hybridized carbons (Fsp3) is 0.348. The highest BCUT2D eigenvalue weighted by Gasteiger charge is 2.48. The fourth-order valence-corrected chi connectivity index (χ4v) is 5.15. The summed E-state index contributed by atoms with van der Waals surface area (Å²) in [6.45, 7) is 3.49. The predicted molar refractivity (Wildman–Crippen MR) is 121 cm³/mol. The molecule has 0 bridgehead atoms. The normalized spacial score (nSPS) is 17.2. The van der Waals surface area contributed by atoms with E-state index in [2.05, 4.69) is 31.3 Å². The van der Waals surface area contributed by atoms with Gasteiger partial charge in [-0.25, -0.2) is 15.0 Å². The average molecular weight is 429 g/mol. The number of nitrogens with one attached hydrogen (secondary N) is 1. The van der Waals surface area contributed by atoms with Crippen LogP contribution in [-0.2, 0) is 24.3 Å². The van der Waals surface area contributed by atoms with Crippen LogP contribution in [0.3, 0.4) is 0 Å². The van der Waals surface area contributed by atoms with Gasteiger partial charge in [0.15, 0.2) is 17.0 Å². The molecule has 0 saturated carbocycles. The minimum Gasteiger partial charge on any atom is -0.355 e. The molecular weight excluding hydrogens is 404 g/mol. The van der Waals surface area contributed by atoms with E-state index < -0.39 is 5.41 Å². The van der Waals surface area contributed by atoms with E-state index in [-0.39, 0.29) is 5.91 Å². The van der Waals surface area contributed by atoms with Gasteiger partial charge in [0.25, 0.3) is 0 Å². The zero-order valence-corrected chi connectivity index (χ0v) is 18.3. The van der Waals surface area contributed by atoms with Crippen molar-refractivity contribution in [2.24, 2.45) is 14.1 Å². The number of benzene rings is 1. The smallest absolute Gasteiger partial charge is 0.235 e. The van der Waals surface area contributed by atoms with E-state index in [0.717, 1.165) is 71.2 Å². The number of carbonyl (C=O) groups excluding carboxylic acids is 1. The molecule has 9 heteroatoms. The van der Waals surface area contributed by atoms with E-state index in [1.54, 1.807) is 6.33 Å². The summed E-state index contributed by atoms with van der Waals surface area (Å²) >= 11 is 0. The second-order valence-electron chi connectivity index (χ2n) is 8.70. The van der Waals surface area contributed by atoms with E-state index in [1.807, 2.05) is 54.7 Å². The first-order valence-electron chi connectivity index (χ1n) is 10.8. The van der Waals surface area contributed by atoms with E-state index in [1.165, 1.54) is 0 Å². The summed E-state index contributed by atoms with van der Waals surface area (Å²) in [6.07, 6.45) is 4.91. The molecule has 0 radical (unpaired) electrons. The van der Waals surface area contributed by atoms with Gasteiger partial charge in [-0.2, -0.15) is 5.10 Å². The Bertz CT molecular complexity index is 1380. The van der Waals surface area contributed by atoms with Crippen molar-refractivity contribution in [3.8, 4) is 11.4 Å². The molecule has 1 aromatic carbocycles. The Morgan fingerprint density at radius 3 is 2.62 bits per heavy atom. The first-order valence-corrected chi connectivity index (χ1v) is 10.8. The number of hydrogen-bond donors (Lipinski definition) is 1. The van der Waals surface area contributed by atoms with Crippen molar-refractivity contribution in [1.29, 1.82) is 0 Å². The molecular formula is C23H24N8O. The number of imidazole rings is 1. The van der Waals surface area contributed by atoms with Gasteiger partial charge in [-0.1, -0.05) is 18.2 Å². The van der Waals surface area contributed by atoms with Crippen LogP contribution in [0.4, 0.5) is 11.5 Å². The summed E-state index contributed by atoms with van der Waals surface area (Å²) in [5.41, 5.74) is 5.19. The minimum absolute atomic E-state index is 0.110. The maximum absolute atomic E-state index is 12.9. The van der Waals surface area contributed by atoms with Crippen LogP contribution in [0.15, 0.2) is 36.8 Å². The highest BCUT2D eigenvalue weighted by molar-refractivity contribution is 6.06. The lowest BCUT2D eigenvalue weighted by Crippen LogP contribution is -2.46. The van der Waals surface area contributed by atoms with Gasteiger partial charge in [0.05, 0.1) is 17.2 Å². The molecule has 32 heavy (non-hydrogen) atoms. The lowest BCUT2D eigenvalue weighted by molar-refractivity contribution is -0.121. The van der Waals surface area contributed by atoms with Gasteiger partial charge in [-0.05, 0) is 31.4 Å². The van der Waals surface area contributed by atoms with E-state index in [9.17, 15) is 4.79 Å². The summed E-state index contributed by atoms with van der Waals surface area (Å²) in [4.78, 5) is 29.2. The molecule has 6 rings (SSSR count). The summed E-state index contributed by atoms with van der Waals surface area (Å²) in [5.74, 6) is 1.75. The Hall–Kier alpha value is -3.75. The number of anilines is 2. The number of nitrogens with zero attached hydrogens (tertiary/aromatic N) is 7. The highest BCUT2D eigenvalue weighted by Crippen LogP contribution is 2.45. The molecule has 1 saturated heterocycles. The van der Waals surface area contributed by atoms with Gasteiger partial charge >= 0.3 is 0 Å². The van der Waals surface area contributed by atoms with Crippen molar-refractivity contribution in [3.63, 3.8) is 0 Å². The van der Waals surface area contributed by atoms with Crippen LogP contribution >= 0.6 is 0 Å². The molecule has 1 spiro atoms. The van der Waals surface area contributed by atoms with E-state index >= 15 is 0 Å². The molecule has 5 heterocycles. The maximum atomic E-state index is 12.9. The standard InChI is InChI=1S/C23H24N8O/c1-14-15(12-26-30(14)3)19-28-18-20(29(19)2)24-13-25-21(18)31-10-8-23(9-11-31)16-6-4-5-7-17(16)27-22(23)32/h4-7,12-13H,8-11H2,1-3H3,(H,27,32). The monoisotopic (exact) mass is 428 g/mol. The Morgan fingerprint density at radius 1 is 1.09 bits per heavy atom. The van der Waals surface area contributed by atoms with Crippen LogP contribution in [0.2, 0.25) is 0 Å². The van der Waals surface area contributed by atoms with E-state index in [0.29, 0.717) is 0 Å². The SMILES string of the molecule is Cc1c(-c2nc3c(N4CCC5(CC4)C(=O)Nc4ccccc45)ncnc3n2C)cnn1C. The number of amides is 1. The number of piperidine rings is 1. The fourth-order valence-electron chi connectivity index (χ4n) is 5.15. The Morgan fingerprint density at radius 2 is 1.88 bits per heavy atom. The second kappa shape index (κ2) is 6.62. The number of para-hydroxylation sites is 1. The minimum atomic E-state index is -0.457. The van der Waals surface area contributed by atoms with E-state index in [4.69, 9.17) is 4.98 Å². The Kier molecular flexibility index (Phi) is 3.93. The van der Waals surface area contributed by atoms with Crippen LogP contribution in [-0.4, -0.2) is 48.3 Å². The zero-order valence-electron chi connectivity index (χ0n) is 18.3. The van der Waals surface area contributed by atoms with Crippen molar-refractivity contribution in [3.05, 3.63) is 48.0 Å². The second-order valence-corrected chi connectivity index (χ2v) is 8.70. The van der Waals surface area contributed by atoms with Gasteiger partial charge in [-0.15, -0.1) is 0 Å². The molecule has 162 valence electrons. The number of hydrogen-bond acceptors (Lipinski definition) is 6. The van der Waals surface area contributed by atoms with Gasteiger partial charge in [0, 0.05) is 38.6 Å². The third-order valence-electron chi connectivity index (χ3n) is 7.15. The lowest BCUT2D eigenvalue weighted by Gasteiger charge is -2.38. The van der Waals surface area contributed by atoms with Crippen molar-refractivity contribution >= 4 is 28.6 Å². The third kappa shape index (κ3) is 2.47. The van der Waals surface area contributed by atoms with Crippen LogP contribution in [0, 0.1) is 6.92 Å². The van der Waals surface area contributed by atoms with Crippen LogP contribution in [0.1, 0.15) is 24.1 Å². The van der Waals surface area contributed by atoms with Gasteiger partial charge in [0.2, 0.25) is 5.91 Å². The maximum Gasteiger partial charge on any atom is 0.235 e. The van der Waals surface area contributed by atoms with Gasteiger partial charge < -0.3 is 14.8 Å². The average Bonchev–Trinajstić information content (AvgIpc) is 3.41. The molecule has 2 aliphatic rings. The van der Waals surface area contributed by atoms with Crippen LogP contribution in [0.5, 0.6) is 0 Å². The summed E-state index contributed by atoms with van der Waals surface area (Å²) in [5, 5.41) is 7.43. The summed E-state index contributed by atoms with van der Waals surface area (Å²) < 4.78 is 3.84. The quantitative estimate of drug-likeness (QED) is 0.527. The first kappa shape index (κ1) is 19.0. The molecule has 4 aromatic rings. The van der Waals surface area contributed by atoms with Gasteiger partial charge in [0.1, 0.15) is 12.2 Å². The van der Waals surface area contributed by atoms with Crippen LogP contribution < -0.4 is 10.2 Å². The molecule has 3 aromatic heterocycles. The largest absolute Gasteiger partial charge is 0.355 e. The molecule has 2 aliphatic heterocycles. The number of fused-ring (bicyclic) bond motifs is 3. The number of aromatic nitrogens is 6. The Labute approximate surface area is 185 Å². The lowest BCUT2D eigenvalue weighted by atomic mass is 9.73. The molecule has 9 nitrogen and oxygen atoms in total. The Balaban J connectivity index is 1.36.